The highest BCUT2D eigenvalue weighted by atomic mass is 79.9. The summed E-state index contributed by atoms with van der Waals surface area (Å²) in [6.07, 6.45) is 0.542. The third kappa shape index (κ3) is 5.96. The standard InChI is InChI=1S/C14H18BrNO3S/c1-9-7-12(10(2)6-11(9)15)20-8-13(17)16-5-3-4-14(18)19/h6-7H,3-5,8H2,1-2H3,(H,16,17)(H,18,19). The van der Waals surface area contributed by atoms with E-state index >= 15 is 0 Å². The van der Waals surface area contributed by atoms with E-state index < -0.39 is 5.97 Å². The lowest BCUT2D eigenvalue weighted by Crippen LogP contribution is -2.26. The lowest BCUT2D eigenvalue weighted by molar-refractivity contribution is -0.137. The molecule has 0 aromatic heterocycles. The maximum atomic E-state index is 11.6. The Morgan fingerprint density at radius 3 is 2.65 bits per heavy atom. The van der Waals surface area contributed by atoms with E-state index in [-0.39, 0.29) is 12.3 Å². The van der Waals surface area contributed by atoms with Gasteiger partial charge in [-0.1, -0.05) is 15.9 Å². The molecule has 0 fully saturated rings. The van der Waals surface area contributed by atoms with Gasteiger partial charge in [-0.3, -0.25) is 9.59 Å². The summed E-state index contributed by atoms with van der Waals surface area (Å²) < 4.78 is 1.07. The second-order valence-electron chi connectivity index (χ2n) is 4.50. The van der Waals surface area contributed by atoms with Crippen LogP contribution in [0.15, 0.2) is 21.5 Å². The molecule has 0 heterocycles. The van der Waals surface area contributed by atoms with E-state index in [4.69, 9.17) is 5.11 Å². The molecule has 1 rings (SSSR count). The first kappa shape index (κ1) is 17.0. The Morgan fingerprint density at radius 2 is 2.00 bits per heavy atom. The van der Waals surface area contributed by atoms with Crippen LogP contribution in [0.5, 0.6) is 0 Å². The predicted octanol–water partition coefficient (Wildman–Crippen LogP) is 3.14. The van der Waals surface area contributed by atoms with Crippen LogP contribution in [0.1, 0.15) is 24.0 Å². The lowest BCUT2D eigenvalue weighted by Gasteiger charge is -2.09. The Hall–Kier alpha value is -1.01. The van der Waals surface area contributed by atoms with Gasteiger partial charge in [0.1, 0.15) is 0 Å². The van der Waals surface area contributed by atoms with Gasteiger partial charge in [0.05, 0.1) is 5.75 Å². The molecule has 0 saturated carbocycles. The summed E-state index contributed by atoms with van der Waals surface area (Å²) in [6.45, 7) is 4.43. The molecule has 0 aliphatic rings. The summed E-state index contributed by atoms with van der Waals surface area (Å²) in [5.74, 6) is -0.565. The summed E-state index contributed by atoms with van der Waals surface area (Å²) in [4.78, 5) is 23.1. The SMILES string of the molecule is Cc1cc(SCC(=O)NCCCC(=O)O)c(C)cc1Br. The molecular formula is C14H18BrNO3S. The van der Waals surface area contributed by atoms with Gasteiger partial charge in [-0.15, -0.1) is 11.8 Å². The third-order valence-electron chi connectivity index (χ3n) is 2.70. The van der Waals surface area contributed by atoms with Crippen molar-refractivity contribution in [3.63, 3.8) is 0 Å². The second kappa shape index (κ2) is 8.32. The fraction of sp³-hybridized carbons (Fsp3) is 0.429. The van der Waals surface area contributed by atoms with Gasteiger partial charge in [-0.2, -0.15) is 0 Å². The van der Waals surface area contributed by atoms with Crippen LogP contribution in [0.3, 0.4) is 0 Å². The molecule has 0 aliphatic heterocycles. The smallest absolute Gasteiger partial charge is 0.303 e. The molecule has 0 aliphatic carbocycles. The number of hydrogen-bond donors (Lipinski definition) is 2. The van der Waals surface area contributed by atoms with Crippen LogP contribution >= 0.6 is 27.7 Å². The molecule has 2 N–H and O–H groups in total. The van der Waals surface area contributed by atoms with E-state index in [9.17, 15) is 9.59 Å². The van der Waals surface area contributed by atoms with Gasteiger partial charge < -0.3 is 10.4 Å². The highest BCUT2D eigenvalue weighted by Gasteiger charge is 2.07. The van der Waals surface area contributed by atoms with Crippen molar-refractivity contribution in [1.29, 1.82) is 0 Å². The molecule has 0 saturated heterocycles. The van der Waals surface area contributed by atoms with E-state index in [2.05, 4.69) is 27.3 Å². The number of carboxylic acid groups (broad SMARTS) is 1. The summed E-state index contributed by atoms with van der Waals surface area (Å²) in [7, 11) is 0. The number of aryl methyl sites for hydroxylation is 2. The minimum atomic E-state index is -0.838. The molecular weight excluding hydrogens is 342 g/mol. The van der Waals surface area contributed by atoms with Crippen LogP contribution in [0.25, 0.3) is 0 Å². The molecule has 0 bridgehead atoms. The Labute approximate surface area is 131 Å². The zero-order valence-corrected chi connectivity index (χ0v) is 13.9. The van der Waals surface area contributed by atoms with Gasteiger partial charge in [0.15, 0.2) is 0 Å². The Balaban J connectivity index is 2.37. The molecule has 0 radical (unpaired) electrons. The van der Waals surface area contributed by atoms with E-state index in [1.54, 1.807) is 0 Å². The van der Waals surface area contributed by atoms with E-state index in [1.807, 2.05) is 19.9 Å². The third-order valence-corrected chi connectivity index (χ3v) is 4.72. The van der Waals surface area contributed by atoms with Gasteiger partial charge in [-0.05, 0) is 43.5 Å². The van der Waals surface area contributed by atoms with Crippen molar-refractivity contribution < 1.29 is 14.7 Å². The minimum absolute atomic E-state index is 0.0691. The zero-order chi connectivity index (χ0) is 15.1. The van der Waals surface area contributed by atoms with Gasteiger partial charge in [-0.25, -0.2) is 0 Å². The van der Waals surface area contributed by atoms with Crippen molar-refractivity contribution >= 4 is 39.6 Å². The highest BCUT2D eigenvalue weighted by Crippen LogP contribution is 2.28. The van der Waals surface area contributed by atoms with Crippen molar-refractivity contribution in [3.8, 4) is 0 Å². The number of carbonyl (C=O) groups is 2. The van der Waals surface area contributed by atoms with Crippen molar-refractivity contribution in [1.82, 2.24) is 5.32 Å². The first-order valence-electron chi connectivity index (χ1n) is 6.28. The Morgan fingerprint density at radius 1 is 1.30 bits per heavy atom. The van der Waals surface area contributed by atoms with Crippen LogP contribution in [0.2, 0.25) is 0 Å². The quantitative estimate of drug-likeness (QED) is 0.579. The maximum absolute atomic E-state index is 11.6. The average molecular weight is 360 g/mol. The number of benzene rings is 1. The van der Waals surface area contributed by atoms with E-state index in [1.165, 1.54) is 11.8 Å². The number of nitrogens with one attached hydrogen (secondary N) is 1. The van der Waals surface area contributed by atoms with Crippen LogP contribution in [0.4, 0.5) is 0 Å². The van der Waals surface area contributed by atoms with E-state index in [0.29, 0.717) is 18.7 Å². The first-order chi connectivity index (χ1) is 9.40. The average Bonchev–Trinajstić information content (AvgIpc) is 2.37. The van der Waals surface area contributed by atoms with Crippen molar-refractivity contribution in [2.45, 2.75) is 31.6 Å². The highest BCUT2D eigenvalue weighted by molar-refractivity contribution is 9.10. The molecule has 110 valence electrons. The molecule has 20 heavy (non-hydrogen) atoms. The number of amides is 1. The number of hydrogen-bond acceptors (Lipinski definition) is 3. The van der Waals surface area contributed by atoms with Gasteiger partial charge >= 0.3 is 5.97 Å². The van der Waals surface area contributed by atoms with Gasteiger partial charge in [0, 0.05) is 22.3 Å². The summed E-state index contributed by atoms with van der Waals surface area (Å²) in [5.41, 5.74) is 2.27. The molecule has 1 amide bonds. The Bertz CT molecular complexity index is 505. The van der Waals surface area contributed by atoms with Crippen LogP contribution in [-0.2, 0) is 9.59 Å². The van der Waals surface area contributed by atoms with Crippen molar-refractivity contribution in [2.24, 2.45) is 0 Å². The van der Waals surface area contributed by atoms with Crippen LogP contribution in [-0.4, -0.2) is 29.3 Å². The summed E-state index contributed by atoms with van der Waals surface area (Å²) in [6, 6.07) is 4.10. The Kier molecular flexibility index (Phi) is 7.09. The number of halogens is 1. The molecule has 4 nitrogen and oxygen atoms in total. The molecule has 0 atom stereocenters. The predicted molar refractivity (Wildman–Crippen MR) is 84.2 cm³/mol. The molecule has 0 spiro atoms. The fourth-order valence-electron chi connectivity index (χ4n) is 1.57. The summed E-state index contributed by atoms with van der Waals surface area (Å²) >= 11 is 4.97. The minimum Gasteiger partial charge on any atom is -0.481 e. The van der Waals surface area contributed by atoms with Gasteiger partial charge in [0.25, 0.3) is 0 Å². The maximum Gasteiger partial charge on any atom is 0.303 e. The number of rotatable bonds is 7. The number of carbonyl (C=O) groups excluding carboxylic acids is 1. The molecule has 6 heteroatoms. The number of thioether (sulfide) groups is 1. The van der Waals surface area contributed by atoms with Crippen molar-refractivity contribution in [2.75, 3.05) is 12.3 Å². The second-order valence-corrected chi connectivity index (χ2v) is 6.37. The normalized spacial score (nSPS) is 10.3. The van der Waals surface area contributed by atoms with E-state index in [0.717, 1.165) is 20.5 Å². The molecule has 0 unspecified atom stereocenters. The first-order valence-corrected chi connectivity index (χ1v) is 8.06. The number of carboxylic acids is 1. The van der Waals surface area contributed by atoms with Crippen LogP contribution < -0.4 is 5.32 Å². The van der Waals surface area contributed by atoms with Gasteiger partial charge in [0.2, 0.25) is 5.91 Å². The zero-order valence-electron chi connectivity index (χ0n) is 11.5. The lowest BCUT2D eigenvalue weighted by atomic mass is 10.2. The topological polar surface area (TPSA) is 66.4 Å². The monoisotopic (exact) mass is 359 g/mol. The largest absolute Gasteiger partial charge is 0.481 e. The number of aliphatic carboxylic acids is 1. The molecule has 1 aromatic carbocycles. The molecule has 1 aromatic rings. The van der Waals surface area contributed by atoms with Crippen molar-refractivity contribution in [3.05, 3.63) is 27.7 Å². The summed E-state index contributed by atoms with van der Waals surface area (Å²) in [5, 5.41) is 11.2. The fourth-order valence-corrected chi connectivity index (χ4v) is 2.96. The van der Waals surface area contributed by atoms with Crippen LogP contribution in [0, 0.1) is 13.8 Å².